The number of hydrogen-bond acceptors (Lipinski definition) is 3. The van der Waals surface area contributed by atoms with Gasteiger partial charge >= 0.3 is 0 Å². The van der Waals surface area contributed by atoms with E-state index >= 15 is 0 Å². The normalized spacial score (nSPS) is 12.0. The van der Waals surface area contributed by atoms with Crippen LogP contribution in [0, 0.1) is 5.41 Å². The first-order valence-corrected chi connectivity index (χ1v) is 4.98. The summed E-state index contributed by atoms with van der Waals surface area (Å²) in [5.41, 5.74) is 1.13. The molecular weight excluding hydrogens is 178 g/mol. The Morgan fingerprint density at radius 1 is 1.43 bits per heavy atom. The van der Waals surface area contributed by atoms with Crippen LogP contribution in [0.15, 0.2) is 6.20 Å². The van der Waals surface area contributed by atoms with Crippen LogP contribution in [0.5, 0.6) is 0 Å². The average Bonchev–Trinajstić information content (AvgIpc) is 2.46. The average molecular weight is 197 g/mol. The molecule has 1 aromatic rings. The Bertz CT molecular complexity index is 275. The van der Waals surface area contributed by atoms with Gasteiger partial charge in [0.25, 0.3) is 0 Å². The molecule has 0 unspecified atom stereocenters. The van der Waals surface area contributed by atoms with Crippen LogP contribution >= 0.6 is 0 Å². The van der Waals surface area contributed by atoms with Crippen LogP contribution in [0.1, 0.15) is 33.4 Å². The lowest BCUT2D eigenvalue weighted by molar-refractivity contribution is 0.131. The third kappa shape index (κ3) is 3.87. The highest BCUT2D eigenvalue weighted by atomic mass is 16.5. The fourth-order valence-electron chi connectivity index (χ4n) is 1.17. The summed E-state index contributed by atoms with van der Waals surface area (Å²) in [5, 5.41) is 8.07. The molecule has 0 saturated heterocycles. The van der Waals surface area contributed by atoms with Gasteiger partial charge in [-0.25, -0.2) is 0 Å². The number of ether oxygens (including phenoxy) is 1. The standard InChI is InChI=1S/C10H19N3O/c1-5-14-7-9-6-13(12-11-9)8-10(2,3)4/h6H,5,7-8H2,1-4H3. The molecule has 0 radical (unpaired) electrons. The lowest BCUT2D eigenvalue weighted by Crippen LogP contribution is -2.15. The molecule has 0 aliphatic carbocycles. The van der Waals surface area contributed by atoms with Crippen LogP contribution in [0.4, 0.5) is 0 Å². The molecule has 1 rings (SSSR count). The Balaban J connectivity index is 2.51. The van der Waals surface area contributed by atoms with Crippen molar-refractivity contribution in [3.63, 3.8) is 0 Å². The zero-order valence-electron chi connectivity index (χ0n) is 9.45. The first kappa shape index (κ1) is 11.2. The van der Waals surface area contributed by atoms with E-state index in [9.17, 15) is 0 Å². The van der Waals surface area contributed by atoms with E-state index in [0.717, 1.165) is 12.2 Å². The van der Waals surface area contributed by atoms with E-state index in [2.05, 4.69) is 31.1 Å². The van der Waals surface area contributed by atoms with E-state index in [1.165, 1.54) is 0 Å². The highest BCUT2D eigenvalue weighted by Crippen LogP contribution is 2.15. The maximum absolute atomic E-state index is 5.25. The summed E-state index contributed by atoms with van der Waals surface area (Å²) >= 11 is 0. The third-order valence-corrected chi connectivity index (χ3v) is 1.68. The van der Waals surface area contributed by atoms with Crippen LogP contribution < -0.4 is 0 Å². The molecule has 0 amide bonds. The fourth-order valence-corrected chi connectivity index (χ4v) is 1.17. The maximum Gasteiger partial charge on any atom is 0.108 e. The first-order chi connectivity index (χ1) is 6.51. The van der Waals surface area contributed by atoms with E-state index in [1.807, 2.05) is 17.8 Å². The topological polar surface area (TPSA) is 39.9 Å². The summed E-state index contributed by atoms with van der Waals surface area (Å²) in [7, 11) is 0. The number of hydrogen-bond donors (Lipinski definition) is 0. The minimum absolute atomic E-state index is 0.233. The second kappa shape index (κ2) is 4.55. The van der Waals surface area contributed by atoms with Crippen LogP contribution in [0.3, 0.4) is 0 Å². The van der Waals surface area contributed by atoms with Crippen LogP contribution in [-0.4, -0.2) is 21.6 Å². The highest BCUT2D eigenvalue weighted by molar-refractivity contribution is 4.90. The molecule has 0 saturated carbocycles. The molecule has 0 bridgehead atoms. The lowest BCUT2D eigenvalue weighted by atomic mass is 9.97. The van der Waals surface area contributed by atoms with Gasteiger partial charge in [-0.3, -0.25) is 4.68 Å². The molecule has 0 atom stereocenters. The molecule has 4 nitrogen and oxygen atoms in total. The van der Waals surface area contributed by atoms with Gasteiger partial charge in [-0.15, -0.1) is 5.10 Å². The lowest BCUT2D eigenvalue weighted by Gasteiger charge is -2.16. The fraction of sp³-hybridized carbons (Fsp3) is 0.800. The Morgan fingerprint density at radius 2 is 2.14 bits per heavy atom. The Hall–Kier alpha value is -0.900. The third-order valence-electron chi connectivity index (χ3n) is 1.68. The molecule has 0 aliphatic rings. The van der Waals surface area contributed by atoms with Crippen molar-refractivity contribution in [3.8, 4) is 0 Å². The molecule has 0 aromatic carbocycles. The summed E-state index contributed by atoms with van der Waals surface area (Å²) in [4.78, 5) is 0. The molecule has 1 heterocycles. The number of rotatable bonds is 4. The molecule has 0 spiro atoms. The van der Waals surface area contributed by atoms with E-state index in [0.29, 0.717) is 13.2 Å². The predicted molar refractivity (Wildman–Crippen MR) is 54.8 cm³/mol. The smallest absolute Gasteiger partial charge is 0.108 e. The molecule has 80 valence electrons. The van der Waals surface area contributed by atoms with Crippen molar-refractivity contribution in [2.45, 2.75) is 40.8 Å². The van der Waals surface area contributed by atoms with Crippen molar-refractivity contribution in [2.24, 2.45) is 5.41 Å². The van der Waals surface area contributed by atoms with E-state index in [-0.39, 0.29) is 5.41 Å². The van der Waals surface area contributed by atoms with Gasteiger partial charge in [0.05, 0.1) is 12.8 Å². The van der Waals surface area contributed by atoms with E-state index < -0.39 is 0 Å². The van der Waals surface area contributed by atoms with Gasteiger partial charge < -0.3 is 4.74 Å². The largest absolute Gasteiger partial charge is 0.375 e. The Kier molecular flexibility index (Phi) is 3.63. The Morgan fingerprint density at radius 3 is 2.71 bits per heavy atom. The van der Waals surface area contributed by atoms with Gasteiger partial charge in [0.1, 0.15) is 5.69 Å². The van der Waals surface area contributed by atoms with Crippen LogP contribution in [0.25, 0.3) is 0 Å². The van der Waals surface area contributed by atoms with Crippen molar-refractivity contribution < 1.29 is 4.74 Å². The van der Waals surface area contributed by atoms with E-state index in [1.54, 1.807) is 0 Å². The first-order valence-electron chi connectivity index (χ1n) is 4.98. The van der Waals surface area contributed by atoms with Gasteiger partial charge in [-0.1, -0.05) is 26.0 Å². The van der Waals surface area contributed by atoms with Crippen molar-refractivity contribution >= 4 is 0 Å². The van der Waals surface area contributed by atoms with Gasteiger partial charge in [0.2, 0.25) is 0 Å². The van der Waals surface area contributed by atoms with Gasteiger partial charge in [0.15, 0.2) is 0 Å². The summed E-state index contributed by atoms with van der Waals surface area (Å²) in [6.45, 7) is 10.7. The number of aromatic nitrogens is 3. The monoisotopic (exact) mass is 197 g/mol. The Labute approximate surface area is 85.3 Å². The maximum atomic E-state index is 5.25. The SMILES string of the molecule is CCOCc1cn(CC(C)(C)C)nn1. The summed E-state index contributed by atoms with van der Waals surface area (Å²) < 4.78 is 7.12. The second-order valence-electron chi connectivity index (χ2n) is 4.61. The molecule has 0 aliphatic heterocycles. The molecule has 1 aromatic heterocycles. The zero-order valence-corrected chi connectivity index (χ0v) is 9.45. The highest BCUT2D eigenvalue weighted by Gasteiger charge is 2.12. The van der Waals surface area contributed by atoms with Gasteiger partial charge in [-0.05, 0) is 12.3 Å². The summed E-state index contributed by atoms with van der Waals surface area (Å²) in [6.07, 6.45) is 1.95. The molecular formula is C10H19N3O. The molecule has 4 heteroatoms. The quantitative estimate of drug-likeness (QED) is 0.739. The van der Waals surface area contributed by atoms with Crippen molar-refractivity contribution in [1.29, 1.82) is 0 Å². The van der Waals surface area contributed by atoms with Gasteiger partial charge in [-0.2, -0.15) is 0 Å². The summed E-state index contributed by atoms with van der Waals surface area (Å²) in [6, 6.07) is 0. The van der Waals surface area contributed by atoms with Crippen LogP contribution in [0.2, 0.25) is 0 Å². The zero-order chi connectivity index (χ0) is 10.6. The molecule has 14 heavy (non-hydrogen) atoms. The predicted octanol–water partition coefficient (Wildman–Crippen LogP) is 1.86. The van der Waals surface area contributed by atoms with Gasteiger partial charge in [0, 0.05) is 13.2 Å². The summed E-state index contributed by atoms with van der Waals surface area (Å²) in [5.74, 6) is 0. The van der Waals surface area contributed by atoms with Crippen LogP contribution in [-0.2, 0) is 17.9 Å². The van der Waals surface area contributed by atoms with Crippen molar-refractivity contribution in [1.82, 2.24) is 15.0 Å². The minimum atomic E-state index is 0.233. The van der Waals surface area contributed by atoms with Crippen molar-refractivity contribution in [2.75, 3.05) is 6.61 Å². The second-order valence-corrected chi connectivity index (χ2v) is 4.61. The molecule has 0 fully saturated rings. The number of nitrogens with zero attached hydrogens (tertiary/aromatic N) is 3. The minimum Gasteiger partial charge on any atom is -0.375 e. The molecule has 0 N–H and O–H groups in total. The van der Waals surface area contributed by atoms with Crippen molar-refractivity contribution in [3.05, 3.63) is 11.9 Å². The van der Waals surface area contributed by atoms with E-state index in [4.69, 9.17) is 4.74 Å².